The second kappa shape index (κ2) is 44.3. The molecule has 57 heavy (non-hydrogen) atoms. The minimum Gasteiger partial charge on any atom is -0.387 e. The quantitative estimate of drug-likeness (QED) is 0.0273. The average Bonchev–Trinajstić information content (AvgIpc) is 3.20. The summed E-state index contributed by atoms with van der Waals surface area (Å²) in [5.74, 6) is -0.197. The van der Waals surface area contributed by atoms with Gasteiger partial charge in [-0.15, -0.1) is 0 Å². The molecule has 5 N–H and O–H groups in total. The Balaban J connectivity index is 4.15. The van der Waals surface area contributed by atoms with Crippen molar-refractivity contribution in [1.29, 1.82) is 0 Å². The van der Waals surface area contributed by atoms with E-state index < -0.39 is 20.0 Å². The molecule has 0 aliphatic carbocycles. The lowest BCUT2D eigenvalue weighted by Gasteiger charge is -2.23. The van der Waals surface area contributed by atoms with Gasteiger partial charge in [0.05, 0.1) is 25.4 Å². The number of unbranched alkanes of at least 4 members (excludes halogenated alkanes) is 29. The molecule has 0 aliphatic heterocycles. The number of phosphoric ester groups is 1. The number of nitrogens with one attached hydrogen (secondary N) is 1. The van der Waals surface area contributed by atoms with E-state index in [-0.39, 0.29) is 25.7 Å². The Bertz CT molecular complexity index is 990. The molecule has 0 radical (unpaired) electrons. The smallest absolute Gasteiger partial charge is 0.387 e. The fourth-order valence-corrected chi connectivity index (χ4v) is 7.80. The summed E-state index contributed by atoms with van der Waals surface area (Å²) in [5.41, 5.74) is 5.39. The van der Waals surface area contributed by atoms with Crippen LogP contribution in [-0.4, -0.2) is 47.8 Å². The van der Waals surface area contributed by atoms with Gasteiger partial charge in [-0.3, -0.25) is 13.8 Å². The van der Waals surface area contributed by atoms with E-state index in [1.807, 2.05) is 6.08 Å². The number of rotatable bonds is 45. The lowest BCUT2D eigenvalue weighted by atomic mass is 10.0. The van der Waals surface area contributed by atoms with E-state index in [4.69, 9.17) is 14.8 Å². The molecule has 0 saturated carbocycles. The maximum Gasteiger partial charge on any atom is 0.472 e. The number of aliphatic hydroxyl groups is 1. The molecule has 0 aromatic heterocycles. The molecule has 0 bridgehead atoms. The van der Waals surface area contributed by atoms with Crippen LogP contribution in [0.3, 0.4) is 0 Å². The molecule has 1 amide bonds. The van der Waals surface area contributed by atoms with E-state index in [0.717, 1.165) is 44.9 Å². The van der Waals surface area contributed by atoms with E-state index in [9.17, 15) is 19.4 Å². The van der Waals surface area contributed by atoms with Crippen molar-refractivity contribution in [3.63, 3.8) is 0 Å². The third kappa shape index (κ3) is 42.6. The number of hydrogen-bond acceptors (Lipinski definition) is 6. The zero-order valence-electron chi connectivity index (χ0n) is 37.3. The Hall–Kier alpha value is -1.28. The number of aliphatic hydroxyl groups excluding tert-OH is 1. The summed E-state index contributed by atoms with van der Waals surface area (Å²) in [6.07, 6.45) is 53.4. The first-order valence-electron chi connectivity index (χ1n) is 24.1. The second-order valence-electron chi connectivity index (χ2n) is 16.3. The Labute approximate surface area is 352 Å². The molecular formula is C48H93N2O6P. The van der Waals surface area contributed by atoms with Crippen molar-refractivity contribution in [1.82, 2.24) is 5.32 Å². The van der Waals surface area contributed by atoms with Crippen LogP contribution in [0.4, 0.5) is 0 Å². The summed E-state index contributed by atoms with van der Waals surface area (Å²) in [6, 6.07) is -0.862. The van der Waals surface area contributed by atoms with Crippen molar-refractivity contribution in [3.05, 3.63) is 36.5 Å². The van der Waals surface area contributed by atoms with Crippen LogP contribution in [0.15, 0.2) is 36.5 Å². The molecule has 3 atom stereocenters. The Morgan fingerprint density at radius 3 is 1.42 bits per heavy atom. The van der Waals surface area contributed by atoms with Gasteiger partial charge in [0, 0.05) is 13.0 Å². The first-order valence-corrected chi connectivity index (χ1v) is 25.6. The molecule has 0 saturated heterocycles. The maximum atomic E-state index is 12.8. The van der Waals surface area contributed by atoms with Gasteiger partial charge in [0.1, 0.15) is 0 Å². The Morgan fingerprint density at radius 1 is 0.579 bits per heavy atom. The first-order chi connectivity index (χ1) is 27.9. The molecule has 0 aliphatic rings. The van der Waals surface area contributed by atoms with Crippen LogP contribution < -0.4 is 11.1 Å². The lowest BCUT2D eigenvalue weighted by Crippen LogP contribution is -2.45. The van der Waals surface area contributed by atoms with Crippen LogP contribution in [0.2, 0.25) is 0 Å². The molecular weight excluding hydrogens is 732 g/mol. The summed E-state index contributed by atoms with van der Waals surface area (Å²) in [5, 5.41) is 13.7. The third-order valence-corrected chi connectivity index (χ3v) is 11.7. The summed E-state index contributed by atoms with van der Waals surface area (Å²) in [6.45, 7) is 4.13. The van der Waals surface area contributed by atoms with E-state index in [2.05, 4.69) is 43.5 Å². The van der Waals surface area contributed by atoms with Gasteiger partial charge in [-0.2, -0.15) is 0 Å². The normalized spacial score (nSPS) is 14.3. The summed E-state index contributed by atoms with van der Waals surface area (Å²) in [4.78, 5) is 22.8. The predicted octanol–water partition coefficient (Wildman–Crippen LogP) is 13.9. The van der Waals surface area contributed by atoms with Gasteiger partial charge >= 0.3 is 7.82 Å². The number of hydrogen-bond donors (Lipinski definition) is 4. The van der Waals surface area contributed by atoms with Crippen molar-refractivity contribution >= 4 is 13.7 Å². The highest BCUT2D eigenvalue weighted by Gasteiger charge is 2.26. The third-order valence-electron chi connectivity index (χ3n) is 10.7. The van der Waals surface area contributed by atoms with Gasteiger partial charge in [-0.25, -0.2) is 4.57 Å². The molecule has 336 valence electrons. The molecule has 0 spiro atoms. The standard InChI is InChI=1S/C48H93N2O6P/c1-3-5-7-9-11-13-15-17-19-21-23-25-27-29-31-33-35-37-39-41-47(51)46(45-56-57(53,54)55-44-43-49)50-48(52)42-40-38-36-34-32-30-28-26-24-22-20-18-16-14-12-10-8-6-4-2/h12,14,18,20,39,41,46-47,51H,3-11,13,15-17,19,21-38,40,42-45,49H2,1-2H3,(H,50,52)(H,53,54)/b14-12-,20-18-,41-39+. The van der Waals surface area contributed by atoms with Crippen LogP contribution in [0.25, 0.3) is 0 Å². The summed E-state index contributed by atoms with van der Waals surface area (Å²) in [7, 11) is -4.34. The highest BCUT2D eigenvalue weighted by Crippen LogP contribution is 2.43. The SMILES string of the molecule is CCCCC/C=C\C/C=C\CCCCCCCCCCCC(=O)NC(COP(=O)(O)OCCN)C(O)/C=C/CCCCCCCCCCCCCCCCCCC. The molecule has 0 aromatic rings. The van der Waals surface area contributed by atoms with Gasteiger partial charge in [-0.05, 0) is 51.4 Å². The van der Waals surface area contributed by atoms with E-state index in [1.54, 1.807) is 6.08 Å². The zero-order valence-corrected chi connectivity index (χ0v) is 38.2. The number of carbonyl (C=O) groups excluding carboxylic acids is 1. The zero-order chi connectivity index (χ0) is 41.8. The van der Waals surface area contributed by atoms with Gasteiger partial charge < -0.3 is 21.1 Å². The highest BCUT2D eigenvalue weighted by atomic mass is 31.2. The Kier molecular flexibility index (Phi) is 43.3. The first kappa shape index (κ1) is 55.7. The predicted molar refractivity (Wildman–Crippen MR) is 244 cm³/mol. The number of allylic oxidation sites excluding steroid dienone is 5. The van der Waals surface area contributed by atoms with Crippen LogP contribution in [0.5, 0.6) is 0 Å². The van der Waals surface area contributed by atoms with Crippen molar-refractivity contribution in [2.24, 2.45) is 5.73 Å². The monoisotopic (exact) mass is 825 g/mol. The molecule has 0 rings (SSSR count). The van der Waals surface area contributed by atoms with Crippen molar-refractivity contribution in [3.8, 4) is 0 Å². The largest absolute Gasteiger partial charge is 0.472 e. The molecule has 3 unspecified atom stereocenters. The Morgan fingerprint density at radius 2 is 0.965 bits per heavy atom. The highest BCUT2D eigenvalue weighted by molar-refractivity contribution is 7.47. The minimum absolute atomic E-state index is 0.0778. The topological polar surface area (TPSA) is 131 Å². The second-order valence-corrected chi connectivity index (χ2v) is 17.8. The van der Waals surface area contributed by atoms with Gasteiger partial charge in [-0.1, -0.05) is 211 Å². The number of phosphoric acid groups is 1. The lowest BCUT2D eigenvalue weighted by molar-refractivity contribution is -0.123. The van der Waals surface area contributed by atoms with Crippen molar-refractivity contribution in [2.75, 3.05) is 19.8 Å². The molecule has 0 fully saturated rings. The van der Waals surface area contributed by atoms with Crippen LogP contribution in [-0.2, 0) is 18.4 Å². The van der Waals surface area contributed by atoms with E-state index in [0.29, 0.717) is 6.42 Å². The van der Waals surface area contributed by atoms with Gasteiger partial charge in [0.2, 0.25) is 5.91 Å². The fourth-order valence-electron chi connectivity index (χ4n) is 7.05. The number of nitrogens with two attached hydrogens (primary N) is 1. The maximum absolute atomic E-state index is 12.8. The number of carbonyl (C=O) groups is 1. The molecule has 8 nitrogen and oxygen atoms in total. The van der Waals surface area contributed by atoms with Gasteiger partial charge in [0.25, 0.3) is 0 Å². The summed E-state index contributed by atoms with van der Waals surface area (Å²) < 4.78 is 22.2. The van der Waals surface area contributed by atoms with Crippen molar-refractivity contribution < 1.29 is 28.4 Å². The summed E-state index contributed by atoms with van der Waals surface area (Å²) >= 11 is 0. The molecule has 0 heterocycles. The average molecular weight is 825 g/mol. The van der Waals surface area contributed by atoms with Crippen molar-refractivity contribution in [2.45, 2.75) is 244 Å². The molecule has 9 heteroatoms. The van der Waals surface area contributed by atoms with E-state index in [1.165, 1.54) is 167 Å². The molecule has 0 aromatic carbocycles. The minimum atomic E-state index is -4.34. The van der Waals surface area contributed by atoms with Crippen LogP contribution in [0, 0.1) is 0 Å². The van der Waals surface area contributed by atoms with E-state index >= 15 is 0 Å². The van der Waals surface area contributed by atoms with Crippen LogP contribution in [0.1, 0.15) is 232 Å². The fraction of sp³-hybridized carbons (Fsp3) is 0.854. The van der Waals surface area contributed by atoms with Crippen LogP contribution >= 0.6 is 7.82 Å². The number of amides is 1. The van der Waals surface area contributed by atoms with Gasteiger partial charge in [0.15, 0.2) is 0 Å².